The first-order chi connectivity index (χ1) is 8.65. The summed E-state index contributed by atoms with van der Waals surface area (Å²) in [6.45, 7) is 3.52. The predicted octanol–water partition coefficient (Wildman–Crippen LogP) is 4.41. The molecule has 102 valence electrons. The van der Waals surface area contributed by atoms with Gasteiger partial charge in [-0.3, -0.25) is 0 Å². The van der Waals surface area contributed by atoms with Gasteiger partial charge in [0.25, 0.3) is 0 Å². The summed E-state index contributed by atoms with van der Waals surface area (Å²) in [5, 5.41) is 12.2. The lowest BCUT2D eigenvalue weighted by Gasteiger charge is -2.16. The molecular formula is C14H21Br2NO. The van der Waals surface area contributed by atoms with Gasteiger partial charge in [-0.05, 0) is 44.0 Å². The normalized spacial score (nSPS) is 12.7. The molecule has 4 heteroatoms. The highest BCUT2D eigenvalue weighted by molar-refractivity contribution is 9.11. The number of hydrogen-bond donors (Lipinski definition) is 2. The van der Waals surface area contributed by atoms with Crippen LogP contribution in [0.5, 0.6) is 0 Å². The van der Waals surface area contributed by atoms with Crippen molar-refractivity contribution < 1.29 is 5.11 Å². The molecule has 1 unspecified atom stereocenters. The Morgan fingerprint density at radius 3 is 2.56 bits per heavy atom. The van der Waals surface area contributed by atoms with E-state index in [-0.39, 0.29) is 0 Å². The predicted molar refractivity (Wildman–Crippen MR) is 83.8 cm³/mol. The summed E-state index contributed by atoms with van der Waals surface area (Å²) < 4.78 is 2.23. The summed E-state index contributed by atoms with van der Waals surface area (Å²) >= 11 is 7.06. The molecule has 1 rings (SSSR count). The zero-order valence-corrected chi connectivity index (χ0v) is 13.9. The summed E-state index contributed by atoms with van der Waals surface area (Å²) in [6, 6.07) is 6.64. The minimum absolute atomic E-state index is 0.315. The van der Waals surface area contributed by atoms with E-state index in [2.05, 4.69) is 62.3 Å². The van der Waals surface area contributed by atoms with Gasteiger partial charge >= 0.3 is 0 Å². The van der Waals surface area contributed by atoms with Gasteiger partial charge in [-0.2, -0.15) is 0 Å². The maximum atomic E-state index is 8.69. The Morgan fingerprint density at radius 2 is 1.89 bits per heavy atom. The summed E-state index contributed by atoms with van der Waals surface area (Å²) in [6.07, 6.45) is 4.39. The van der Waals surface area contributed by atoms with Crippen LogP contribution in [-0.2, 0) is 0 Å². The second-order valence-electron chi connectivity index (χ2n) is 4.48. The monoisotopic (exact) mass is 377 g/mol. The van der Waals surface area contributed by atoms with E-state index in [1.165, 1.54) is 18.4 Å². The molecule has 0 aromatic heterocycles. The summed E-state index contributed by atoms with van der Waals surface area (Å²) in [5.41, 5.74) is 1.29. The van der Waals surface area contributed by atoms with E-state index in [0.717, 1.165) is 28.3 Å². The lowest BCUT2D eigenvalue weighted by Crippen LogP contribution is -2.20. The molecule has 1 atom stereocenters. The average molecular weight is 379 g/mol. The van der Waals surface area contributed by atoms with Crippen LogP contribution in [0.15, 0.2) is 27.1 Å². The third-order valence-corrected chi connectivity index (χ3v) is 4.14. The maximum absolute atomic E-state index is 8.69. The fraction of sp³-hybridized carbons (Fsp3) is 0.571. The number of benzene rings is 1. The third kappa shape index (κ3) is 5.83. The minimum atomic E-state index is 0.315. The molecule has 0 saturated heterocycles. The Bertz CT molecular complexity index is 358. The van der Waals surface area contributed by atoms with E-state index in [4.69, 9.17) is 5.11 Å². The van der Waals surface area contributed by atoms with Gasteiger partial charge in [0.05, 0.1) is 0 Å². The van der Waals surface area contributed by atoms with Crippen LogP contribution in [0.4, 0.5) is 0 Å². The first-order valence-electron chi connectivity index (χ1n) is 6.44. The van der Waals surface area contributed by atoms with Crippen molar-refractivity contribution in [3.05, 3.63) is 32.7 Å². The lowest BCUT2D eigenvalue weighted by molar-refractivity contribution is 0.282. The Morgan fingerprint density at radius 1 is 1.17 bits per heavy atom. The number of rotatable bonds is 8. The van der Waals surface area contributed by atoms with Gasteiger partial charge < -0.3 is 10.4 Å². The van der Waals surface area contributed by atoms with E-state index in [9.17, 15) is 0 Å². The van der Waals surface area contributed by atoms with Crippen molar-refractivity contribution in [3.63, 3.8) is 0 Å². The molecule has 0 aliphatic heterocycles. The molecule has 0 spiro atoms. The standard InChI is InChI=1S/C14H21Br2NO/c1-11(17-8-4-2-3-5-9-18)13-7-6-12(15)10-14(13)16/h6-7,10-11,17-18H,2-5,8-9H2,1H3. The molecule has 0 bridgehead atoms. The van der Waals surface area contributed by atoms with E-state index in [1.807, 2.05) is 0 Å². The first kappa shape index (κ1) is 16.2. The van der Waals surface area contributed by atoms with Crippen molar-refractivity contribution >= 4 is 31.9 Å². The zero-order chi connectivity index (χ0) is 13.4. The Kier molecular flexibility index (Phi) is 8.15. The number of aliphatic hydroxyl groups is 1. The summed E-state index contributed by atoms with van der Waals surface area (Å²) in [7, 11) is 0. The quantitative estimate of drug-likeness (QED) is 0.656. The zero-order valence-electron chi connectivity index (χ0n) is 10.8. The van der Waals surface area contributed by atoms with E-state index >= 15 is 0 Å². The second kappa shape index (κ2) is 9.08. The molecule has 0 fully saturated rings. The van der Waals surface area contributed by atoms with Gasteiger partial charge in [-0.1, -0.05) is 50.8 Å². The number of unbranched alkanes of at least 4 members (excludes halogenated alkanes) is 3. The van der Waals surface area contributed by atoms with Crippen LogP contribution in [0.3, 0.4) is 0 Å². The van der Waals surface area contributed by atoms with Gasteiger partial charge in [0.1, 0.15) is 0 Å². The van der Waals surface area contributed by atoms with E-state index < -0.39 is 0 Å². The average Bonchev–Trinajstić information content (AvgIpc) is 2.33. The van der Waals surface area contributed by atoms with Crippen LogP contribution in [0, 0.1) is 0 Å². The van der Waals surface area contributed by atoms with Gasteiger partial charge in [-0.15, -0.1) is 0 Å². The Hall–Kier alpha value is 0.1000. The number of nitrogens with one attached hydrogen (secondary N) is 1. The SMILES string of the molecule is CC(NCCCCCCO)c1ccc(Br)cc1Br. The molecule has 18 heavy (non-hydrogen) atoms. The smallest absolute Gasteiger partial charge is 0.0431 e. The van der Waals surface area contributed by atoms with E-state index in [1.54, 1.807) is 0 Å². The maximum Gasteiger partial charge on any atom is 0.0431 e. The molecule has 1 aromatic carbocycles. The van der Waals surface area contributed by atoms with Crippen molar-refractivity contribution in [1.82, 2.24) is 5.32 Å². The summed E-state index contributed by atoms with van der Waals surface area (Å²) in [4.78, 5) is 0. The van der Waals surface area contributed by atoms with Crippen molar-refractivity contribution in [2.45, 2.75) is 38.6 Å². The van der Waals surface area contributed by atoms with Crippen LogP contribution >= 0.6 is 31.9 Å². The molecule has 0 aliphatic carbocycles. The Labute approximate surface area is 126 Å². The highest BCUT2D eigenvalue weighted by Gasteiger charge is 2.08. The number of halogens is 2. The van der Waals surface area contributed by atoms with Crippen molar-refractivity contribution in [2.24, 2.45) is 0 Å². The number of aliphatic hydroxyl groups excluding tert-OH is 1. The Balaban J connectivity index is 2.29. The molecule has 0 radical (unpaired) electrons. The van der Waals surface area contributed by atoms with Crippen molar-refractivity contribution in [2.75, 3.05) is 13.2 Å². The third-order valence-electron chi connectivity index (χ3n) is 2.96. The number of hydrogen-bond acceptors (Lipinski definition) is 2. The molecule has 2 nitrogen and oxygen atoms in total. The fourth-order valence-electron chi connectivity index (χ4n) is 1.87. The van der Waals surface area contributed by atoms with Crippen molar-refractivity contribution in [1.29, 1.82) is 0 Å². The molecule has 0 aliphatic rings. The van der Waals surface area contributed by atoms with Gasteiger partial charge in [0, 0.05) is 21.6 Å². The molecule has 0 heterocycles. The van der Waals surface area contributed by atoms with Crippen LogP contribution in [-0.4, -0.2) is 18.3 Å². The highest BCUT2D eigenvalue weighted by Crippen LogP contribution is 2.26. The van der Waals surface area contributed by atoms with Crippen LogP contribution in [0.2, 0.25) is 0 Å². The molecule has 0 saturated carbocycles. The largest absolute Gasteiger partial charge is 0.396 e. The van der Waals surface area contributed by atoms with Crippen LogP contribution in [0.1, 0.15) is 44.2 Å². The van der Waals surface area contributed by atoms with Crippen LogP contribution < -0.4 is 5.32 Å². The van der Waals surface area contributed by atoms with E-state index in [0.29, 0.717) is 12.6 Å². The van der Waals surface area contributed by atoms with Crippen LogP contribution in [0.25, 0.3) is 0 Å². The molecular weight excluding hydrogens is 358 g/mol. The molecule has 2 N–H and O–H groups in total. The van der Waals surface area contributed by atoms with Crippen molar-refractivity contribution in [3.8, 4) is 0 Å². The minimum Gasteiger partial charge on any atom is -0.396 e. The second-order valence-corrected chi connectivity index (χ2v) is 6.25. The van der Waals surface area contributed by atoms with Gasteiger partial charge in [0.15, 0.2) is 0 Å². The van der Waals surface area contributed by atoms with Gasteiger partial charge in [0.2, 0.25) is 0 Å². The topological polar surface area (TPSA) is 32.3 Å². The first-order valence-corrected chi connectivity index (χ1v) is 8.03. The molecule has 1 aromatic rings. The van der Waals surface area contributed by atoms with Gasteiger partial charge in [-0.25, -0.2) is 0 Å². The lowest BCUT2D eigenvalue weighted by atomic mass is 10.1. The summed E-state index contributed by atoms with van der Waals surface area (Å²) in [5.74, 6) is 0. The molecule has 0 amide bonds. The fourth-order valence-corrected chi connectivity index (χ4v) is 3.26. The highest BCUT2D eigenvalue weighted by atomic mass is 79.9.